The first-order valence-corrected chi connectivity index (χ1v) is 6.23. The number of aliphatic hydroxyl groups excluding tert-OH is 1. The molecule has 96 valence electrons. The molecular weight excluding hydrogens is 224 g/mol. The van der Waals surface area contributed by atoms with Gasteiger partial charge in [0, 0.05) is 12.4 Å². The Kier molecular flexibility index (Phi) is 3.53. The van der Waals surface area contributed by atoms with E-state index >= 15 is 0 Å². The van der Waals surface area contributed by atoms with Crippen molar-refractivity contribution in [1.29, 1.82) is 0 Å². The molecule has 0 fully saturated rings. The second-order valence-electron chi connectivity index (χ2n) is 5.62. The van der Waals surface area contributed by atoms with Crippen molar-refractivity contribution in [3.8, 4) is 0 Å². The second kappa shape index (κ2) is 4.94. The average molecular weight is 244 g/mol. The molecule has 0 saturated carbocycles. The van der Waals surface area contributed by atoms with Crippen LogP contribution in [0.2, 0.25) is 0 Å². The first-order valence-electron chi connectivity index (χ1n) is 6.23. The van der Waals surface area contributed by atoms with Crippen molar-refractivity contribution in [2.24, 2.45) is 0 Å². The van der Waals surface area contributed by atoms with Gasteiger partial charge >= 0.3 is 0 Å². The van der Waals surface area contributed by atoms with E-state index in [9.17, 15) is 5.11 Å². The van der Waals surface area contributed by atoms with Crippen molar-refractivity contribution < 1.29 is 5.11 Å². The molecule has 2 rings (SSSR count). The molecule has 0 aliphatic carbocycles. The first kappa shape index (κ1) is 12.8. The highest BCUT2D eigenvalue weighted by Gasteiger charge is 2.14. The number of rotatable bonds is 3. The predicted molar refractivity (Wildman–Crippen MR) is 72.3 cm³/mol. The fourth-order valence-corrected chi connectivity index (χ4v) is 1.90. The van der Waals surface area contributed by atoms with Crippen molar-refractivity contribution in [2.45, 2.75) is 38.8 Å². The lowest BCUT2D eigenvalue weighted by molar-refractivity contribution is 0.151. The SMILES string of the molecule is CC(C)(C)c1ccc(C(O)Cn2cccn2)cc1. The van der Waals surface area contributed by atoms with Gasteiger partial charge in [0.05, 0.1) is 12.6 Å². The Balaban J connectivity index is 2.10. The van der Waals surface area contributed by atoms with Crippen LogP contribution in [0.15, 0.2) is 42.7 Å². The first-order chi connectivity index (χ1) is 8.47. The Labute approximate surface area is 108 Å². The van der Waals surface area contributed by atoms with E-state index in [2.05, 4.69) is 38.0 Å². The third kappa shape index (κ3) is 2.99. The van der Waals surface area contributed by atoms with Gasteiger partial charge in [0.15, 0.2) is 0 Å². The zero-order chi connectivity index (χ0) is 13.2. The molecule has 1 atom stereocenters. The van der Waals surface area contributed by atoms with Gasteiger partial charge in [-0.25, -0.2) is 0 Å². The normalized spacial score (nSPS) is 13.6. The van der Waals surface area contributed by atoms with Crippen molar-refractivity contribution in [2.75, 3.05) is 0 Å². The van der Waals surface area contributed by atoms with Crippen molar-refractivity contribution in [3.63, 3.8) is 0 Å². The maximum Gasteiger partial charge on any atom is 0.0985 e. The number of aromatic nitrogens is 2. The van der Waals surface area contributed by atoms with E-state index in [0.29, 0.717) is 6.54 Å². The Hall–Kier alpha value is -1.61. The van der Waals surface area contributed by atoms with Crippen LogP contribution in [0.1, 0.15) is 38.0 Å². The molecule has 0 amide bonds. The highest BCUT2D eigenvalue weighted by Crippen LogP contribution is 2.24. The standard InChI is InChI=1S/C15H20N2O/c1-15(2,3)13-7-5-12(6-8-13)14(18)11-17-10-4-9-16-17/h4-10,14,18H,11H2,1-3H3. The Bertz CT molecular complexity index is 480. The molecule has 0 spiro atoms. The summed E-state index contributed by atoms with van der Waals surface area (Å²) in [5.41, 5.74) is 2.35. The van der Waals surface area contributed by atoms with E-state index < -0.39 is 6.10 Å². The quantitative estimate of drug-likeness (QED) is 0.901. The average Bonchev–Trinajstić information content (AvgIpc) is 2.81. The molecule has 0 radical (unpaired) electrons. The molecule has 1 heterocycles. The zero-order valence-corrected chi connectivity index (χ0v) is 11.2. The van der Waals surface area contributed by atoms with Gasteiger partial charge in [-0.1, -0.05) is 45.0 Å². The van der Waals surface area contributed by atoms with Crippen LogP contribution in [0.25, 0.3) is 0 Å². The summed E-state index contributed by atoms with van der Waals surface area (Å²) in [6.45, 7) is 7.04. The van der Waals surface area contributed by atoms with Gasteiger partial charge < -0.3 is 5.11 Å². The van der Waals surface area contributed by atoms with Gasteiger partial charge in [-0.2, -0.15) is 5.10 Å². The van der Waals surface area contributed by atoms with E-state index in [1.54, 1.807) is 10.9 Å². The van der Waals surface area contributed by atoms with Crippen LogP contribution in [-0.2, 0) is 12.0 Å². The van der Waals surface area contributed by atoms with Crippen molar-refractivity contribution in [3.05, 3.63) is 53.9 Å². The number of aliphatic hydroxyl groups is 1. The summed E-state index contributed by atoms with van der Waals surface area (Å²) in [6.07, 6.45) is 3.06. The topological polar surface area (TPSA) is 38.0 Å². The lowest BCUT2D eigenvalue weighted by atomic mass is 9.86. The van der Waals surface area contributed by atoms with E-state index in [-0.39, 0.29) is 5.41 Å². The highest BCUT2D eigenvalue weighted by atomic mass is 16.3. The van der Waals surface area contributed by atoms with Crippen LogP contribution >= 0.6 is 0 Å². The van der Waals surface area contributed by atoms with Gasteiger partial charge in [0.25, 0.3) is 0 Å². The number of benzene rings is 1. The molecule has 18 heavy (non-hydrogen) atoms. The van der Waals surface area contributed by atoms with Crippen molar-refractivity contribution >= 4 is 0 Å². The van der Waals surface area contributed by atoms with Gasteiger partial charge in [-0.3, -0.25) is 4.68 Å². The number of hydrogen-bond donors (Lipinski definition) is 1. The van der Waals surface area contributed by atoms with Crippen molar-refractivity contribution in [1.82, 2.24) is 9.78 Å². The molecule has 1 unspecified atom stereocenters. The van der Waals surface area contributed by atoms with E-state index in [0.717, 1.165) is 5.56 Å². The molecule has 1 aromatic carbocycles. The lowest BCUT2D eigenvalue weighted by Crippen LogP contribution is -2.12. The Morgan fingerprint density at radius 2 is 1.89 bits per heavy atom. The molecule has 0 aliphatic rings. The fourth-order valence-electron chi connectivity index (χ4n) is 1.90. The molecule has 3 nitrogen and oxygen atoms in total. The van der Waals surface area contributed by atoms with Gasteiger partial charge in [0.2, 0.25) is 0 Å². The lowest BCUT2D eigenvalue weighted by Gasteiger charge is -2.20. The van der Waals surface area contributed by atoms with Gasteiger partial charge in [-0.05, 0) is 22.6 Å². The Morgan fingerprint density at radius 1 is 1.22 bits per heavy atom. The molecule has 3 heteroatoms. The third-order valence-corrected chi connectivity index (χ3v) is 3.08. The summed E-state index contributed by atoms with van der Waals surface area (Å²) in [7, 11) is 0. The number of nitrogens with zero attached hydrogens (tertiary/aromatic N) is 2. The van der Waals surface area contributed by atoms with E-state index in [4.69, 9.17) is 0 Å². The summed E-state index contributed by atoms with van der Waals surface area (Å²) in [6, 6.07) is 10.0. The largest absolute Gasteiger partial charge is 0.386 e. The van der Waals surface area contributed by atoms with Crippen LogP contribution in [0.4, 0.5) is 0 Å². The Morgan fingerprint density at radius 3 is 2.39 bits per heavy atom. The minimum absolute atomic E-state index is 0.144. The summed E-state index contributed by atoms with van der Waals surface area (Å²) < 4.78 is 1.74. The van der Waals surface area contributed by atoms with E-state index in [1.807, 2.05) is 24.4 Å². The van der Waals surface area contributed by atoms with Crippen LogP contribution < -0.4 is 0 Å². The summed E-state index contributed by atoms with van der Waals surface area (Å²) in [4.78, 5) is 0. The van der Waals surface area contributed by atoms with E-state index in [1.165, 1.54) is 5.56 Å². The van der Waals surface area contributed by atoms with Gasteiger partial charge in [-0.15, -0.1) is 0 Å². The fraction of sp³-hybridized carbons (Fsp3) is 0.400. The minimum Gasteiger partial charge on any atom is -0.386 e. The maximum absolute atomic E-state index is 10.1. The maximum atomic E-state index is 10.1. The van der Waals surface area contributed by atoms with Crippen LogP contribution in [0.3, 0.4) is 0 Å². The summed E-state index contributed by atoms with van der Waals surface area (Å²) in [5, 5.41) is 14.2. The molecule has 0 saturated heterocycles. The predicted octanol–water partition coefficient (Wildman–Crippen LogP) is 2.91. The second-order valence-corrected chi connectivity index (χ2v) is 5.62. The summed E-state index contributed by atoms with van der Waals surface area (Å²) in [5.74, 6) is 0. The van der Waals surface area contributed by atoms with Crippen LogP contribution in [0.5, 0.6) is 0 Å². The third-order valence-electron chi connectivity index (χ3n) is 3.08. The monoisotopic (exact) mass is 244 g/mol. The zero-order valence-electron chi connectivity index (χ0n) is 11.2. The van der Waals surface area contributed by atoms with Crippen LogP contribution in [0, 0.1) is 0 Å². The van der Waals surface area contributed by atoms with Crippen LogP contribution in [-0.4, -0.2) is 14.9 Å². The highest BCUT2D eigenvalue weighted by molar-refractivity contribution is 5.28. The molecular formula is C15H20N2O. The summed E-state index contributed by atoms with van der Waals surface area (Å²) >= 11 is 0. The molecule has 0 bridgehead atoms. The van der Waals surface area contributed by atoms with Gasteiger partial charge in [0.1, 0.15) is 0 Å². The molecule has 1 N–H and O–H groups in total. The number of hydrogen-bond acceptors (Lipinski definition) is 2. The minimum atomic E-state index is -0.515. The molecule has 2 aromatic rings. The molecule has 0 aliphatic heterocycles. The smallest absolute Gasteiger partial charge is 0.0985 e. The molecule has 1 aromatic heterocycles.